The van der Waals surface area contributed by atoms with Crippen molar-refractivity contribution >= 4 is 55.3 Å². The van der Waals surface area contributed by atoms with Crippen molar-refractivity contribution < 1.29 is 10.2 Å². The number of aliphatic hydroxyl groups excluding tert-OH is 1. The van der Waals surface area contributed by atoms with Crippen molar-refractivity contribution in [2.24, 2.45) is 0 Å². The van der Waals surface area contributed by atoms with Crippen LogP contribution in [0.25, 0.3) is 32.6 Å². The normalized spacial score (nSPS) is 11.9. The van der Waals surface area contributed by atoms with Crippen molar-refractivity contribution in [1.29, 1.82) is 0 Å². The number of fused-ring (bicyclic) bond motifs is 2. The van der Waals surface area contributed by atoms with Crippen LogP contribution >= 0.6 is 22.7 Å². The van der Waals surface area contributed by atoms with E-state index in [1.165, 1.54) is 11.3 Å². The van der Waals surface area contributed by atoms with Gasteiger partial charge in [0, 0.05) is 6.61 Å². The molecule has 0 unspecified atom stereocenters. The van der Waals surface area contributed by atoms with Gasteiger partial charge in [0.1, 0.15) is 15.8 Å². The van der Waals surface area contributed by atoms with Crippen LogP contribution in [0.2, 0.25) is 0 Å². The Morgan fingerprint density at radius 1 is 0.875 bits per heavy atom. The molecular formula is C18H14N2O2S2. The monoisotopic (exact) mass is 354 g/mol. The lowest BCUT2D eigenvalue weighted by molar-refractivity contribution is 0.299. The highest BCUT2D eigenvalue weighted by Gasteiger charge is 2.05. The number of hydrogen-bond donors (Lipinski definition) is 2. The first kappa shape index (κ1) is 15.3. The Bertz CT molecular complexity index is 1050. The number of hydrogen-bond acceptors (Lipinski definition) is 6. The third kappa shape index (κ3) is 3.03. The molecule has 120 valence electrons. The summed E-state index contributed by atoms with van der Waals surface area (Å²) in [7, 11) is 0. The molecule has 0 bridgehead atoms. The summed E-state index contributed by atoms with van der Waals surface area (Å²) in [5.41, 5.74) is 2.97. The molecule has 2 aromatic heterocycles. The topological polar surface area (TPSA) is 66.2 Å². The summed E-state index contributed by atoms with van der Waals surface area (Å²) in [5.74, 6) is 0.256. The summed E-state index contributed by atoms with van der Waals surface area (Å²) in [6.07, 6.45) is 4.58. The van der Waals surface area contributed by atoms with Gasteiger partial charge in [0.15, 0.2) is 0 Å². The number of nitrogens with zero attached hydrogens (tertiary/aromatic N) is 2. The number of thiazole rings is 2. The lowest BCUT2D eigenvalue weighted by Crippen LogP contribution is -1.88. The Hall–Kier alpha value is -2.28. The molecule has 24 heavy (non-hydrogen) atoms. The van der Waals surface area contributed by atoms with Gasteiger partial charge in [0.05, 0.1) is 20.4 Å². The average molecular weight is 354 g/mol. The summed E-state index contributed by atoms with van der Waals surface area (Å²) in [6.45, 7) is 0.157. The number of aromatic nitrogens is 2. The predicted molar refractivity (Wildman–Crippen MR) is 101 cm³/mol. The molecule has 4 nitrogen and oxygen atoms in total. The Morgan fingerprint density at radius 2 is 1.50 bits per heavy atom. The second-order valence-corrected chi connectivity index (χ2v) is 7.49. The smallest absolute Gasteiger partial charge is 0.117 e. The maximum Gasteiger partial charge on any atom is 0.117 e. The second kappa shape index (κ2) is 6.32. The van der Waals surface area contributed by atoms with Crippen LogP contribution in [-0.2, 0) is 6.42 Å². The minimum atomic E-state index is 0.157. The largest absolute Gasteiger partial charge is 0.508 e. The fourth-order valence-electron chi connectivity index (χ4n) is 2.49. The zero-order valence-electron chi connectivity index (χ0n) is 12.6. The molecule has 0 saturated heterocycles. The highest BCUT2D eigenvalue weighted by atomic mass is 32.1. The molecule has 0 aliphatic rings. The van der Waals surface area contributed by atoms with E-state index in [1.54, 1.807) is 23.5 Å². The third-order valence-electron chi connectivity index (χ3n) is 3.63. The molecule has 0 fully saturated rings. The van der Waals surface area contributed by atoms with Gasteiger partial charge >= 0.3 is 0 Å². The summed E-state index contributed by atoms with van der Waals surface area (Å²) >= 11 is 3.16. The number of phenols is 1. The molecule has 0 amide bonds. The van der Waals surface area contributed by atoms with Crippen molar-refractivity contribution in [1.82, 2.24) is 9.97 Å². The van der Waals surface area contributed by atoms with E-state index in [4.69, 9.17) is 5.11 Å². The molecule has 2 heterocycles. The number of rotatable bonds is 4. The standard InChI is InChI=1S/C18H14N2O2S2/c21-8-7-11-1-3-13-15(9-11)23-17(19-13)5-6-18-20-14-4-2-12(22)10-16(14)24-18/h1-6,9-10,21-22H,7-8H2/b6-5+. The molecule has 0 spiro atoms. The van der Waals surface area contributed by atoms with Gasteiger partial charge in [-0.3, -0.25) is 0 Å². The van der Waals surface area contributed by atoms with Crippen LogP contribution in [0.5, 0.6) is 5.75 Å². The van der Waals surface area contributed by atoms with E-state index >= 15 is 0 Å². The molecule has 6 heteroatoms. The number of aliphatic hydroxyl groups is 1. The molecule has 4 rings (SSSR count). The SMILES string of the molecule is OCCc1ccc2nc(/C=C/c3nc4ccc(O)cc4s3)sc2c1. The first-order valence-corrected chi connectivity index (χ1v) is 9.12. The van der Waals surface area contributed by atoms with Crippen LogP contribution in [0, 0.1) is 0 Å². The van der Waals surface area contributed by atoms with Crippen LogP contribution in [0.1, 0.15) is 15.6 Å². The van der Waals surface area contributed by atoms with Crippen LogP contribution in [-0.4, -0.2) is 26.8 Å². The van der Waals surface area contributed by atoms with Gasteiger partial charge in [-0.2, -0.15) is 0 Å². The summed E-state index contributed by atoms with van der Waals surface area (Å²) < 4.78 is 2.09. The Labute approximate surface area is 146 Å². The average Bonchev–Trinajstić information content (AvgIpc) is 3.15. The van der Waals surface area contributed by atoms with Gasteiger partial charge in [-0.1, -0.05) is 6.07 Å². The fraction of sp³-hybridized carbons (Fsp3) is 0.111. The molecular weight excluding hydrogens is 340 g/mol. The van der Waals surface area contributed by atoms with Gasteiger partial charge in [-0.15, -0.1) is 22.7 Å². The van der Waals surface area contributed by atoms with Crippen LogP contribution in [0.15, 0.2) is 36.4 Å². The Balaban J connectivity index is 1.63. The van der Waals surface area contributed by atoms with Crippen molar-refractivity contribution in [2.75, 3.05) is 6.61 Å². The molecule has 0 radical (unpaired) electrons. The molecule has 0 saturated carbocycles. The molecule has 0 aliphatic carbocycles. The second-order valence-electron chi connectivity index (χ2n) is 5.37. The number of phenolic OH excluding ortho intramolecular Hbond substituents is 1. The highest BCUT2D eigenvalue weighted by Crippen LogP contribution is 2.28. The molecule has 4 aromatic rings. The lowest BCUT2D eigenvalue weighted by atomic mass is 10.1. The molecule has 2 aromatic carbocycles. The van der Waals surface area contributed by atoms with E-state index in [9.17, 15) is 5.11 Å². The maximum absolute atomic E-state index is 9.53. The first-order chi connectivity index (χ1) is 11.7. The first-order valence-electron chi connectivity index (χ1n) is 7.49. The third-order valence-corrected chi connectivity index (χ3v) is 5.59. The quantitative estimate of drug-likeness (QED) is 0.573. The summed E-state index contributed by atoms with van der Waals surface area (Å²) in [6, 6.07) is 11.3. The van der Waals surface area contributed by atoms with Gasteiger partial charge in [-0.05, 0) is 54.5 Å². The highest BCUT2D eigenvalue weighted by molar-refractivity contribution is 7.20. The predicted octanol–water partition coefficient (Wildman–Crippen LogP) is 4.32. The van der Waals surface area contributed by atoms with Gasteiger partial charge in [0.25, 0.3) is 0 Å². The maximum atomic E-state index is 9.53. The van der Waals surface area contributed by atoms with E-state index in [0.717, 1.165) is 36.0 Å². The van der Waals surface area contributed by atoms with Crippen molar-refractivity contribution in [3.05, 3.63) is 52.0 Å². The molecule has 0 aliphatic heterocycles. The van der Waals surface area contributed by atoms with E-state index in [-0.39, 0.29) is 12.4 Å². The van der Waals surface area contributed by atoms with E-state index in [1.807, 2.05) is 30.4 Å². The van der Waals surface area contributed by atoms with Crippen LogP contribution < -0.4 is 0 Å². The van der Waals surface area contributed by atoms with Crippen molar-refractivity contribution in [3.63, 3.8) is 0 Å². The Morgan fingerprint density at radius 3 is 2.17 bits per heavy atom. The zero-order chi connectivity index (χ0) is 16.5. The fourth-order valence-corrected chi connectivity index (χ4v) is 4.32. The lowest BCUT2D eigenvalue weighted by Gasteiger charge is -1.96. The van der Waals surface area contributed by atoms with E-state index in [0.29, 0.717) is 6.42 Å². The van der Waals surface area contributed by atoms with Crippen LogP contribution in [0.4, 0.5) is 0 Å². The van der Waals surface area contributed by atoms with Gasteiger partial charge < -0.3 is 10.2 Å². The Kier molecular flexibility index (Phi) is 4.02. The summed E-state index contributed by atoms with van der Waals surface area (Å²) in [5, 5.41) is 20.4. The summed E-state index contributed by atoms with van der Waals surface area (Å²) in [4.78, 5) is 9.13. The zero-order valence-corrected chi connectivity index (χ0v) is 14.3. The number of benzene rings is 2. The van der Waals surface area contributed by atoms with Gasteiger partial charge in [-0.25, -0.2) is 9.97 Å². The van der Waals surface area contributed by atoms with E-state index < -0.39 is 0 Å². The van der Waals surface area contributed by atoms with Gasteiger partial charge in [0.2, 0.25) is 0 Å². The van der Waals surface area contributed by atoms with Crippen molar-refractivity contribution in [2.45, 2.75) is 6.42 Å². The number of aromatic hydroxyl groups is 1. The van der Waals surface area contributed by atoms with Crippen molar-refractivity contribution in [3.8, 4) is 5.75 Å². The minimum absolute atomic E-state index is 0.157. The molecule has 0 atom stereocenters. The minimum Gasteiger partial charge on any atom is -0.508 e. The van der Waals surface area contributed by atoms with Crippen LogP contribution in [0.3, 0.4) is 0 Å². The molecule has 2 N–H and O–H groups in total. The van der Waals surface area contributed by atoms with E-state index in [2.05, 4.69) is 16.0 Å².